The molecule has 0 fully saturated rings. The number of benzene rings is 3. The monoisotopic (exact) mass is 401 g/mol. The van der Waals surface area contributed by atoms with Gasteiger partial charge in [0.1, 0.15) is 11.6 Å². The maximum Gasteiger partial charge on any atom is 0.121 e. The average Bonchev–Trinajstić information content (AvgIpc) is 3.12. The molecule has 1 unspecified atom stereocenters. The molecule has 0 amide bonds. The van der Waals surface area contributed by atoms with Crippen LogP contribution >= 0.6 is 11.6 Å². The quantitative estimate of drug-likeness (QED) is 0.426. The topological polar surface area (TPSA) is 50.8 Å². The molecule has 0 spiro atoms. The number of nitriles is 1. The summed E-state index contributed by atoms with van der Waals surface area (Å²) in [5.41, 5.74) is 4.70. The second kappa shape index (κ2) is 7.98. The Morgan fingerprint density at radius 2 is 1.86 bits per heavy atom. The van der Waals surface area contributed by atoms with Crippen LogP contribution in [0.1, 0.15) is 35.4 Å². The highest BCUT2D eigenvalue weighted by Crippen LogP contribution is 2.31. The van der Waals surface area contributed by atoms with Crippen LogP contribution in [-0.2, 0) is 6.54 Å². The molecule has 4 rings (SSSR count). The third-order valence-corrected chi connectivity index (χ3v) is 5.57. The number of methoxy groups -OCH3 is 1. The summed E-state index contributed by atoms with van der Waals surface area (Å²) in [4.78, 5) is 4.94. The van der Waals surface area contributed by atoms with E-state index in [1.54, 1.807) is 7.11 Å². The fourth-order valence-electron chi connectivity index (χ4n) is 3.54. The highest BCUT2D eigenvalue weighted by molar-refractivity contribution is 6.31. The van der Waals surface area contributed by atoms with Gasteiger partial charge in [0.2, 0.25) is 0 Å². The Kier molecular flexibility index (Phi) is 5.24. The first kappa shape index (κ1) is 19.0. The fourth-order valence-corrected chi connectivity index (χ4v) is 3.74. The predicted molar refractivity (Wildman–Crippen MR) is 116 cm³/mol. The molecule has 5 heteroatoms. The Morgan fingerprint density at radius 3 is 2.55 bits per heavy atom. The van der Waals surface area contributed by atoms with Crippen molar-refractivity contribution in [3.63, 3.8) is 0 Å². The molecule has 4 nitrogen and oxygen atoms in total. The molecule has 1 atom stereocenters. The minimum absolute atomic E-state index is 0.0450. The van der Waals surface area contributed by atoms with E-state index in [0.717, 1.165) is 38.8 Å². The van der Waals surface area contributed by atoms with Crippen LogP contribution in [0.25, 0.3) is 11.0 Å². The van der Waals surface area contributed by atoms with Crippen LogP contribution in [0.2, 0.25) is 5.02 Å². The van der Waals surface area contributed by atoms with Crippen molar-refractivity contribution in [2.45, 2.75) is 19.4 Å². The first-order chi connectivity index (χ1) is 14.1. The van der Waals surface area contributed by atoms with E-state index in [2.05, 4.69) is 17.6 Å². The molecule has 4 aromatic rings. The van der Waals surface area contributed by atoms with Crippen LogP contribution in [0.5, 0.6) is 5.75 Å². The Labute approximate surface area is 175 Å². The third kappa shape index (κ3) is 3.70. The maximum atomic E-state index is 9.07. The van der Waals surface area contributed by atoms with Crippen molar-refractivity contribution in [1.82, 2.24) is 9.55 Å². The van der Waals surface area contributed by atoms with Crippen LogP contribution in [0.3, 0.4) is 0 Å². The first-order valence-corrected chi connectivity index (χ1v) is 9.76. The minimum atomic E-state index is 0.0450. The van der Waals surface area contributed by atoms with Crippen LogP contribution in [0, 0.1) is 11.3 Å². The summed E-state index contributed by atoms with van der Waals surface area (Å²) >= 11 is 6.44. The van der Waals surface area contributed by atoms with Crippen molar-refractivity contribution in [2.75, 3.05) is 7.11 Å². The molecule has 29 heavy (non-hydrogen) atoms. The summed E-state index contributed by atoms with van der Waals surface area (Å²) in [7, 11) is 1.65. The van der Waals surface area contributed by atoms with Crippen molar-refractivity contribution in [3.8, 4) is 11.8 Å². The lowest BCUT2D eigenvalue weighted by atomic mass is 9.99. The minimum Gasteiger partial charge on any atom is -0.497 e. The third-order valence-electron chi connectivity index (χ3n) is 5.20. The maximum absolute atomic E-state index is 9.07. The molecule has 1 aromatic heterocycles. The molecular formula is C24H20ClN3O. The summed E-state index contributed by atoms with van der Waals surface area (Å²) in [6.45, 7) is 2.75. The van der Waals surface area contributed by atoms with Crippen LogP contribution in [0.4, 0.5) is 0 Å². The van der Waals surface area contributed by atoms with Gasteiger partial charge >= 0.3 is 0 Å². The second-order valence-electron chi connectivity index (χ2n) is 6.96. The molecule has 3 aromatic carbocycles. The smallest absolute Gasteiger partial charge is 0.121 e. The lowest BCUT2D eigenvalue weighted by molar-refractivity contribution is 0.415. The zero-order valence-electron chi connectivity index (χ0n) is 16.3. The van der Waals surface area contributed by atoms with E-state index in [-0.39, 0.29) is 5.92 Å². The van der Waals surface area contributed by atoms with E-state index in [1.807, 2.05) is 66.7 Å². The number of rotatable bonds is 5. The molecule has 0 aliphatic heterocycles. The molecule has 0 aliphatic rings. The van der Waals surface area contributed by atoms with E-state index < -0.39 is 0 Å². The second-order valence-corrected chi connectivity index (χ2v) is 7.36. The van der Waals surface area contributed by atoms with Crippen molar-refractivity contribution < 1.29 is 4.74 Å². The van der Waals surface area contributed by atoms with Gasteiger partial charge in [0.05, 0.1) is 36.3 Å². The van der Waals surface area contributed by atoms with Gasteiger partial charge in [-0.15, -0.1) is 0 Å². The lowest BCUT2D eigenvalue weighted by Gasteiger charge is -2.16. The van der Waals surface area contributed by atoms with Gasteiger partial charge in [0.25, 0.3) is 0 Å². The number of fused-ring (bicyclic) bond motifs is 1. The predicted octanol–water partition coefficient (Wildman–Crippen LogP) is 5.77. The van der Waals surface area contributed by atoms with Crippen molar-refractivity contribution in [3.05, 3.63) is 94.3 Å². The number of aromatic nitrogens is 2. The largest absolute Gasteiger partial charge is 0.497 e. The van der Waals surface area contributed by atoms with Crippen molar-refractivity contribution >= 4 is 22.6 Å². The Morgan fingerprint density at radius 1 is 1.10 bits per heavy atom. The zero-order chi connectivity index (χ0) is 20.4. The molecule has 0 saturated heterocycles. The molecule has 0 saturated carbocycles. The highest BCUT2D eigenvalue weighted by atomic mass is 35.5. The van der Waals surface area contributed by atoms with E-state index in [4.69, 9.17) is 26.6 Å². The molecule has 0 bridgehead atoms. The Balaban J connectivity index is 1.84. The van der Waals surface area contributed by atoms with E-state index in [1.165, 1.54) is 0 Å². The Bertz CT molecular complexity index is 1210. The summed E-state index contributed by atoms with van der Waals surface area (Å²) in [5.74, 6) is 1.76. The lowest BCUT2D eigenvalue weighted by Crippen LogP contribution is -2.09. The van der Waals surface area contributed by atoms with Gasteiger partial charge in [-0.25, -0.2) is 4.98 Å². The van der Waals surface area contributed by atoms with E-state index >= 15 is 0 Å². The van der Waals surface area contributed by atoms with Gasteiger partial charge in [-0.1, -0.05) is 48.9 Å². The normalized spacial score (nSPS) is 11.9. The molecule has 1 heterocycles. The highest BCUT2D eigenvalue weighted by Gasteiger charge is 2.19. The van der Waals surface area contributed by atoms with Gasteiger partial charge < -0.3 is 9.30 Å². The number of halogens is 1. The summed E-state index contributed by atoms with van der Waals surface area (Å²) < 4.78 is 7.59. The average molecular weight is 402 g/mol. The summed E-state index contributed by atoms with van der Waals surface area (Å²) in [6.07, 6.45) is 0. The van der Waals surface area contributed by atoms with Crippen molar-refractivity contribution in [2.24, 2.45) is 0 Å². The van der Waals surface area contributed by atoms with Gasteiger partial charge in [-0.05, 0) is 41.5 Å². The summed E-state index contributed by atoms with van der Waals surface area (Å²) in [6, 6.07) is 23.6. The van der Waals surface area contributed by atoms with Gasteiger partial charge in [0, 0.05) is 17.0 Å². The molecule has 144 valence electrons. The molecule has 0 radical (unpaired) electrons. The Hall–Kier alpha value is -3.29. The summed E-state index contributed by atoms with van der Waals surface area (Å²) in [5, 5.41) is 9.81. The van der Waals surface area contributed by atoms with E-state index in [9.17, 15) is 0 Å². The molecule has 0 aliphatic carbocycles. The fraction of sp³-hybridized carbons (Fsp3) is 0.167. The SMILES string of the molecule is COc1ccc2c(c1)nc(C(C)c1ccc(C#N)cc1)n2Cc1ccccc1Cl. The van der Waals surface area contributed by atoms with Gasteiger partial charge in [-0.3, -0.25) is 0 Å². The molecule has 0 N–H and O–H groups in total. The number of hydrogen-bond acceptors (Lipinski definition) is 3. The number of ether oxygens (including phenoxy) is 1. The molecular weight excluding hydrogens is 382 g/mol. The zero-order valence-corrected chi connectivity index (χ0v) is 17.0. The van der Waals surface area contributed by atoms with Crippen LogP contribution < -0.4 is 4.74 Å². The van der Waals surface area contributed by atoms with Gasteiger partial charge in [-0.2, -0.15) is 5.26 Å². The van der Waals surface area contributed by atoms with Gasteiger partial charge in [0.15, 0.2) is 0 Å². The van der Waals surface area contributed by atoms with Crippen LogP contribution in [0.15, 0.2) is 66.7 Å². The van der Waals surface area contributed by atoms with Crippen LogP contribution in [-0.4, -0.2) is 16.7 Å². The number of nitrogens with zero attached hydrogens (tertiary/aromatic N) is 3. The standard InChI is InChI=1S/C24H20ClN3O/c1-16(18-9-7-17(14-26)8-10-18)24-27-22-13-20(29-2)11-12-23(22)28(24)15-19-5-3-4-6-21(19)25/h3-13,16H,15H2,1-2H3. The van der Waals surface area contributed by atoms with Crippen molar-refractivity contribution in [1.29, 1.82) is 5.26 Å². The van der Waals surface area contributed by atoms with E-state index in [0.29, 0.717) is 12.1 Å². The number of hydrogen-bond donors (Lipinski definition) is 0. The first-order valence-electron chi connectivity index (χ1n) is 9.38. The number of imidazole rings is 1.